The van der Waals surface area contributed by atoms with Gasteiger partial charge < -0.3 is 10.2 Å². The van der Waals surface area contributed by atoms with Gasteiger partial charge in [-0.1, -0.05) is 12.1 Å². The Labute approximate surface area is 117 Å². The molecule has 1 atom stereocenters. The number of hydrogen-bond acceptors (Lipinski definition) is 3. The van der Waals surface area contributed by atoms with Crippen LogP contribution in [0.1, 0.15) is 18.5 Å². The lowest BCUT2D eigenvalue weighted by Crippen LogP contribution is -2.16. The van der Waals surface area contributed by atoms with E-state index in [-0.39, 0.29) is 6.04 Å². The predicted molar refractivity (Wildman–Crippen MR) is 77.0 cm³/mol. The quantitative estimate of drug-likeness (QED) is 0.925. The Kier molecular flexibility index (Phi) is 4.17. The summed E-state index contributed by atoms with van der Waals surface area (Å²) < 4.78 is 27.0. The van der Waals surface area contributed by atoms with Crippen molar-refractivity contribution in [3.8, 4) is 0 Å². The van der Waals surface area contributed by atoms with Gasteiger partial charge in [-0.2, -0.15) is 0 Å². The summed E-state index contributed by atoms with van der Waals surface area (Å²) in [5, 5.41) is 3.17. The fourth-order valence-electron chi connectivity index (χ4n) is 2.03. The number of nitrogens with one attached hydrogen (secondary N) is 1. The van der Waals surface area contributed by atoms with Crippen molar-refractivity contribution >= 4 is 11.5 Å². The van der Waals surface area contributed by atoms with Crippen LogP contribution < -0.4 is 10.2 Å². The maximum Gasteiger partial charge on any atom is 0.164 e. The zero-order valence-corrected chi connectivity index (χ0v) is 11.7. The molecule has 1 aromatic carbocycles. The molecule has 20 heavy (non-hydrogen) atoms. The van der Waals surface area contributed by atoms with E-state index in [0.29, 0.717) is 5.56 Å². The highest BCUT2D eigenvalue weighted by atomic mass is 19.2. The highest BCUT2D eigenvalue weighted by Crippen LogP contribution is 2.27. The Balaban J connectivity index is 2.28. The summed E-state index contributed by atoms with van der Waals surface area (Å²) in [5.41, 5.74) is 1.06. The molecule has 1 N–H and O–H groups in total. The van der Waals surface area contributed by atoms with E-state index in [4.69, 9.17) is 0 Å². The highest BCUT2D eigenvalue weighted by Gasteiger charge is 2.15. The van der Waals surface area contributed by atoms with E-state index in [1.54, 1.807) is 25.3 Å². The van der Waals surface area contributed by atoms with Gasteiger partial charge in [-0.3, -0.25) is 0 Å². The van der Waals surface area contributed by atoms with Crippen LogP contribution in [0.25, 0.3) is 0 Å². The minimum absolute atomic E-state index is 0.290. The number of nitrogens with zero attached hydrogens (tertiary/aromatic N) is 2. The molecule has 0 aliphatic rings. The van der Waals surface area contributed by atoms with Crippen LogP contribution >= 0.6 is 0 Å². The van der Waals surface area contributed by atoms with E-state index < -0.39 is 11.6 Å². The second-order valence-electron chi connectivity index (χ2n) is 4.78. The molecule has 1 unspecified atom stereocenters. The molecule has 0 radical (unpaired) electrons. The van der Waals surface area contributed by atoms with Crippen molar-refractivity contribution in [1.82, 2.24) is 4.98 Å². The average molecular weight is 277 g/mol. The number of benzene rings is 1. The molecule has 0 spiro atoms. The molecule has 5 heteroatoms. The SMILES string of the molecule is CC(Nc1cccnc1N(C)C)c1cccc(F)c1F. The Morgan fingerprint density at radius 1 is 1.15 bits per heavy atom. The van der Waals surface area contributed by atoms with Crippen LogP contribution in [0.3, 0.4) is 0 Å². The summed E-state index contributed by atoms with van der Waals surface area (Å²) in [6.45, 7) is 1.78. The molecule has 0 saturated carbocycles. The summed E-state index contributed by atoms with van der Waals surface area (Å²) in [6.07, 6.45) is 1.69. The predicted octanol–water partition coefficient (Wildman–Crippen LogP) is 3.60. The topological polar surface area (TPSA) is 28.2 Å². The third kappa shape index (κ3) is 2.87. The molecule has 2 aromatic rings. The van der Waals surface area contributed by atoms with Gasteiger partial charge >= 0.3 is 0 Å². The van der Waals surface area contributed by atoms with E-state index in [1.807, 2.05) is 25.1 Å². The first-order valence-electron chi connectivity index (χ1n) is 6.33. The largest absolute Gasteiger partial charge is 0.375 e. The first kappa shape index (κ1) is 14.2. The summed E-state index contributed by atoms with van der Waals surface area (Å²) in [5.74, 6) is -0.908. The first-order valence-corrected chi connectivity index (χ1v) is 6.33. The summed E-state index contributed by atoms with van der Waals surface area (Å²) in [7, 11) is 3.75. The fourth-order valence-corrected chi connectivity index (χ4v) is 2.03. The van der Waals surface area contributed by atoms with Crippen molar-refractivity contribution < 1.29 is 8.78 Å². The Hall–Kier alpha value is -2.17. The van der Waals surface area contributed by atoms with Crippen molar-refractivity contribution in [2.45, 2.75) is 13.0 Å². The summed E-state index contributed by atoms with van der Waals surface area (Å²) in [4.78, 5) is 6.12. The van der Waals surface area contributed by atoms with Crippen molar-refractivity contribution in [2.75, 3.05) is 24.3 Å². The minimum atomic E-state index is -0.838. The van der Waals surface area contributed by atoms with Crippen molar-refractivity contribution in [1.29, 1.82) is 0 Å². The molecule has 0 fully saturated rings. The van der Waals surface area contributed by atoms with E-state index in [2.05, 4.69) is 10.3 Å². The second-order valence-corrected chi connectivity index (χ2v) is 4.78. The number of anilines is 2. The van der Waals surface area contributed by atoms with Crippen LogP contribution in [0.2, 0.25) is 0 Å². The molecule has 0 aliphatic carbocycles. The smallest absolute Gasteiger partial charge is 0.164 e. The van der Waals surface area contributed by atoms with Gasteiger partial charge in [-0.05, 0) is 25.1 Å². The van der Waals surface area contributed by atoms with Gasteiger partial charge in [0, 0.05) is 25.9 Å². The van der Waals surface area contributed by atoms with Gasteiger partial charge in [0.05, 0.1) is 11.7 Å². The minimum Gasteiger partial charge on any atom is -0.375 e. The maximum atomic E-state index is 13.8. The average Bonchev–Trinajstić information content (AvgIpc) is 2.42. The van der Waals surface area contributed by atoms with E-state index >= 15 is 0 Å². The Bertz CT molecular complexity index is 599. The number of rotatable bonds is 4. The molecule has 0 saturated heterocycles. The van der Waals surface area contributed by atoms with Crippen LogP contribution in [0, 0.1) is 11.6 Å². The van der Waals surface area contributed by atoms with Crippen LogP contribution in [-0.4, -0.2) is 19.1 Å². The van der Waals surface area contributed by atoms with Crippen molar-refractivity contribution in [2.24, 2.45) is 0 Å². The molecule has 0 aliphatic heterocycles. The van der Waals surface area contributed by atoms with Gasteiger partial charge in [0.25, 0.3) is 0 Å². The summed E-state index contributed by atoms with van der Waals surface area (Å²) >= 11 is 0. The number of halogens is 2. The third-order valence-corrected chi connectivity index (χ3v) is 3.03. The fraction of sp³-hybridized carbons (Fsp3) is 0.267. The van der Waals surface area contributed by atoms with Crippen molar-refractivity contribution in [3.63, 3.8) is 0 Å². The molecule has 0 amide bonds. The lowest BCUT2D eigenvalue weighted by atomic mass is 10.1. The molecule has 0 bridgehead atoms. The van der Waals surface area contributed by atoms with Gasteiger partial charge in [0.15, 0.2) is 17.5 Å². The molecule has 106 valence electrons. The lowest BCUT2D eigenvalue weighted by molar-refractivity contribution is 0.494. The van der Waals surface area contributed by atoms with E-state index in [0.717, 1.165) is 17.6 Å². The molecule has 3 nitrogen and oxygen atoms in total. The Morgan fingerprint density at radius 2 is 1.90 bits per heavy atom. The first-order chi connectivity index (χ1) is 9.50. The van der Waals surface area contributed by atoms with E-state index in [9.17, 15) is 8.78 Å². The lowest BCUT2D eigenvalue weighted by Gasteiger charge is -2.21. The van der Waals surface area contributed by atoms with Crippen LogP contribution in [0.5, 0.6) is 0 Å². The van der Waals surface area contributed by atoms with Crippen LogP contribution in [0.4, 0.5) is 20.3 Å². The molecule has 2 rings (SSSR count). The normalized spacial score (nSPS) is 12.1. The zero-order valence-electron chi connectivity index (χ0n) is 11.7. The van der Waals surface area contributed by atoms with Gasteiger partial charge in [-0.25, -0.2) is 13.8 Å². The molecule has 1 heterocycles. The highest BCUT2D eigenvalue weighted by molar-refractivity contribution is 5.65. The Morgan fingerprint density at radius 3 is 2.60 bits per heavy atom. The van der Waals surface area contributed by atoms with Crippen molar-refractivity contribution in [3.05, 3.63) is 53.7 Å². The molecular formula is C15H17F2N3. The van der Waals surface area contributed by atoms with E-state index in [1.165, 1.54) is 6.07 Å². The second kappa shape index (κ2) is 5.86. The summed E-state index contributed by atoms with van der Waals surface area (Å²) in [6, 6.07) is 7.47. The number of hydrogen-bond donors (Lipinski definition) is 1. The monoisotopic (exact) mass is 277 g/mol. The van der Waals surface area contributed by atoms with Gasteiger partial charge in [0.1, 0.15) is 0 Å². The number of pyridine rings is 1. The van der Waals surface area contributed by atoms with Crippen LogP contribution in [-0.2, 0) is 0 Å². The third-order valence-electron chi connectivity index (χ3n) is 3.03. The standard InChI is InChI=1S/C15H17F2N3/c1-10(11-6-4-7-12(16)14(11)17)19-13-8-5-9-18-15(13)20(2)3/h4-10,19H,1-3H3. The van der Waals surface area contributed by atoms with Crippen LogP contribution in [0.15, 0.2) is 36.5 Å². The van der Waals surface area contributed by atoms with Gasteiger partial charge in [0.2, 0.25) is 0 Å². The van der Waals surface area contributed by atoms with Gasteiger partial charge in [-0.15, -0.1) is 0 Å². The molecule has 1 aromatic heterocycles. The number of aromatic nitrogens is 1. The molecular weight excluding hydrogens is 260 g/mol. The maximum absolute atomic E-state index is 13.8. The zero-order chi connectivity index (χ0) is 14.7.